The number of hydrogen-bond donors (Lipinski definition) is 2. The molecule has 0 aliphatic rings. The van der Waals surface area contributed by atoms with E-state index in [1.807, 2.05) is 0 Å². The predicted octanol–water partition coefficient (Wildman–Crippen LogP) is 3.58. The van der Waals surface area contributed by atoms with E-state index in [4.69, 9.17) is 23.2 Å². The molecule has 6 nitrogen and oxygen atoms in total. The summed E-state index contributed by atoms with van der Waals surface area (Å²) in [5, 5.41) is 23.3. The largest absolute Gasteiger partial charge is 0.387 e. The van der Waals surface area contributed by atoms with Crippen LogP contribution >= 0.6 is 23.2 Å². The molecular weight excluding hydrogens is 336 g/mol. The van der Waals surface area contributed by atoms with Crippen LogP contribution < -0.4 is 5.32 Å². The Hall–Kier alpha value is -1.96. The number of nitrogens with one attached hydrogen (secondary N) is 1. The molecular formula is C13H10Cl2FN3O3. The van der Waals surface area contributed by atoms with Crippen molar-refractivity contribution in [2.24, 2.45) is 0 Å². The van der Waals surface area contributed by atoms with Gasteiger partial charge in [0, 0.05) is 12.6 Å². The standard InChI is InChI=1S/C13H10Cl2FN3O3/c14-9-2-1-7(3-11(9)16)12(20)6-18-13-10(15)4-8(5-17-13)19(21)22/h1-5,12,20H,6H2,(H,17,18). The van der Waals surface area contributed by atoms with Crippen molar-refractivity contribution in [2.75, 3.05) is 11.9 Å². The molecule has 2 N–H and O–H groups in total. The first kappa shape index (κ1) is 16.4. The van der Waals surface area contributed by atoms with Gasteiger partial charge >= 0.3 is 0 Å². The number of benzene rings is 1. The fourth-order valence-electron chi connectivity index (χ4n) is 1.69. The predicted molar refractivity (Wildman–Crippen MR) is 80.8 cm³/mol. The third-order valence-corrected chi connectivity index (χ3v) is 3.42. The lowest BCUT2D eigenvalue weighted by Crippen LogP contribution is -2.13. The van der Waals surface area contributed by atoms with Gasteiger partial charge in [-0.1, -0.05) is 29.3 Å². The Balaban J connectivity index is 2.06. The van der Waals surface area contributed by atoms with Gasteiger partial charge in [-0.05, 0) is 17.7 Å². The minimum absolute atomic E-state index is 0.00833. The third-order valence-electron chi connectivity index (χ3n) is 2.83. The number of nitrogens with zero attached hydrogens (tertiary/aromatic N) is 2. The number of aliphatic hydroxyl groups is 1. The van der Waals surface area contributed by atoms with Crippen LogP contribution in [0.25, 0.3) is 0 Å². The average Bonchev–Trinajstić information content (AvgIpc) is 2.48. The number of rotatable bonds is 5. The van der Waals surface area contributed by atoms with E-state index in [0.29, 0.717) is 5.56 Å². The van der Waals surface area contributed by atoms with Gasteiger partial charge in [-0.25, -0.2) is 9.37 Å². The van der Waals surface area contributed by atoms with E-state index in [0.717, 1.165) is 18.3 Å². The molecule has 116 valence electrons. The van der Waals surface area contributed by atoms with Crippen LogP contribution in [0.3, 0.4) is 0 Å². The van der Waals surface area contributed by atoms with Crippen LogP contribution in [0.4, 0.5) is 15.9 Å². The lowest BCUT2D eigenvalue weighted by Gasteiger charge is -2.13. The fourth-order valence-corrected chi connectivity index (χ4v) is 2.03. The van der Waals surface area contributed by atoms with Crippen molar-refractivity contribution in [3.8, 4) is 0 Å². The molecule has 2 rings (SSSR count). The Kier molecular flexibility index (Phi) is 5.12. The van der Waals surface area contributed by atoms with Crippen LogP contribution in [0.15, 0.2) is 30.5 Å². The molecule has 1 aromatic carbocycles. The molecule has 1 atom stereocenters. The number of anilines is 1. The average molecular weight is 346 g/mol. The molecule has 1 heterocycles. The molecule has 0 spiro atoms. The van der Waals surface area contributed by atoms with Crippen LogP contribution in [0, 0.1) is 15.9 Å². The van der Waals surface area contributed by atoms with Crippen molar-refractivity contribution in [2.45, 2.75) is 6.10 Å². The Morgan fingerprint density at radius 3 is 2.68 bits per heavy atom. The van der Waals surface area contributed by atoms with Gasteiger partial charge in [0.1, 0.15) is 17.8 Å². The molecule has 1 unspecified atom stereocenters. The molecule has 1 aromatic heterocycles. The smallest absolute Gasteiger partial charge is 0.289 e. The van der Waals surface area contributed by atoms with E-state index in [-0.39, 0.29) is 28.1 Å². The lowest BCUT2D eigenvalue weighted by molar-refractivity contribution is -0.385. The lowest BCUT2D eigenvalue weighted by atomic mass is 10.1. The van der Waals surface area contributed by atoms with Gasteiger partial charge in [-0.2, -0.15) is 0 Å². The summed E-state index contributed by atoms with van der Waals surface area (Å²) in [4.78, 5) is 13.8. The quantitative estimate of drug-likeness (QED) is 0.638. The second-order valence-corrected chi connectivity index (χ2v) is 5.17. The molecule has 22 heavy (non-hydrogen) atoms. The van der Waals surface area contributed by atoms with Gasteiger partial charge in [0.15, 0.2) is 0 Å². The number of aromatic nitrogens is 1. The number of aliphatic hydroxyl groups excluding tert-OH is 1. The van der Waals surface area contributed by atoms with Gasteiger partial charge in [-0.3, -0.25) is 10.1 Å². The van der Waals surface area contributed by atoms with E-state index in [1.54, 1.807) is 0 Å². The van der Waals surface area contributed by atoms with Crippen LogP contribution in [0.1, 0.15) is 11.7 Å². The summed E-state index contributed by atoms with van der Waals surface area (Å²) in [7, 11) is 0. The number of pyridine rings is 1. The van der Waals surface area contributed by atoms with Gasteiger partial charge in [0.2, 0.25) is 0 Å². The van der Waals surface area contributed by atoms with E-state index in [1.165, 1.54) is 12.1 Å². The van der Waals surface area contributed by atoms with Crippen LogP contribution in [0.2, 0.25) is 10.0 Å². The van der Waals surface area contributed by atoms with Crippen molar-refractivity contribution in [1.29, 1.82) is 0 Å². The summed E-state index contributed by atoms with van der Waals surface area (Å²) in [6.07, 6.45) is 0.0163. The van der Waals surface area contributed by atoms with Gasteiger partial charge in [0.25, 0.3) is 5.69 Å². The van der Waals surface area contributed by atoms with Crippen molar-refractivity contribution in [3.63, 3.8) is 0 Å². The maximum Gasteiger partial charge on any atom is 0.289 e. The van der Waals surface area contributed by atoms with E-state index < -0.39 is 16.8 Å². The van der Waals surface area contributed by atoms with Gasteiger partial charge < -0.3 is 10.4 Å². The minimum Gasteiger partial charge on any atom is -0.387 e. The molecule has 0 saturated heterocycles. The molecule has 0 radical (unpaired) electrons. The van der Waals surface area contributed by atoms with E-state index in [2.05, 4.69) is 10.3 Å². The third kappa shape index (κ3) is 3.82. The van der Waals surface area contributed by atoms with Crippen molar-refractivity contribution in [3.05, 3.63) is 62.0 Å². The van der Waals surface area contributed by atoms with Gasteiger partial charge in [-0.15, -0.1) is 0 Å². The summed E-state index contributed by atoms with van der Waals surface area (Å²) in [6.45, 7) is -0.00833. The number of hydrogen-bond acceptors (Lipinski definition) is 5. The highest BCUT2D eigenvalue weighted by molar-refractivity contribution is 6.33. The van der Waals surface area contributed by atoms with Crippen LogP contribution in [0.5, 0.6) is 0 Å². The van der Waals surface area contributed by atoms with E-state index >= 15 is 0 Å². The molecule has 0 fully saturated rings. The molecule has 2 aromatic rings. The molecule has 0 aliphatic heterocycles. The maximum atomic E-state index is 13.3. The van der Waals surface area contributed by atoms with Crippen LogP contribution in [-0.4, -0.2) is 21.6 Å². The highest BCUT2D eigenvalue weighted by atomic mass is 35.5. The zero-order chi connectivity index (χ0) is 16.3. The second kappa shape index (κ2) is 6.87. The highest BCUT2D eigenvalue weighted by Crippen LogP contribution is 2.25. The van der Waals surface area contributed by atoms with Crippen molar-refractivity contribution < 1.29 is 14.4 Å². The highest BCUT2D eigenvalue weighted by Gasteiger charge is 2.14. The Bertz CT molecular complexity index is 715. The first-order chi connectivity index (χ1) is 10.4. The Labute approximate surface area is 134 Å². The van der Waals surface area contributed by atoms with Crippen molar-refractivity contribution in [1.82, 2.24) is 4.98 Å². The summed E-state index contributed by atoms with van der Waals surface area (Å²) in [6, 6.07) is 5.10. The normalized spacial score (nSPS) is 12.0. The van der Waals surface area contributed by atoms with Gasteiger partial charge in [0.05, 0.1) is 21.1 Å². The molecule has 0 saturated carbocycles. The first-order valence-corrected chi connectivity index (χ1v) is 6.81. The topological polar surface area (TPSA) is 88.3 Å². The summed E-state index contributed by atoms with van der Waals surface area (Å²) in [5.74, 6) is -0.453. The fraction of sp³-hybridized carbons (Fsp3) is 0.154. The SMILES string of the molecule is O=[N+]([O-])c1cnc(NCC(O)c2ccc(Cl)c(F)c2)c(Cl)c1. The Morgan fingerprint density at radius 1 is 1.36 bits per heavy atom. The second-order valence-electron chi connectivity index (χ2n) is 4.35. The first-order valence-electron chi connectivity index (χ1n) is 6.05. The molecule has 0 aliphatic carbocycles. The molecule has 0 bridgehead atoms. The summed E-state index contributed by atoms with van der Waals surface area (Å²) < 4.78 is 13.3. The number of nitro groups is 1. The molecule has 9 heteroatoms. The van der Waals surface area contributed by atoms with Crippen molar-refractivity contribution >= 4 is 34.7 Å². The minimum atomic E-state index is -1.03. The molecule has 0 amide bonds. The Morgan fingerprint density at radius 2 is 2.09 bits per heavy atom. The van der Waals surface area contributed by atoms with E-state index in [9.17, 15) is 19.6 Å². The zero-order valence-corrected chi connectivity index (χ0v) is 12.5. The monoisotopic (exact) mass is 345 g/mol. The van der Waals surface area contributed by atoms with Crippen LogP contribution in [-0.2, 0) is 0 Å². The zero-order valence-electron chi connectivity index (χ0n) is 11.0. The summed E-state index contributed by atoms with van der Waals surface area (Å²) in [5.41, 5.74) is 0.0864. The maximum absolute atomic E-state index is 13.3. The number of halogens is 3. The summed E-state index contributed by atoms with van der Waals surface area (Å²) >= 11 is 11.4.